The number of amides is 2. The predicted octanol–water partition coefficient (Wildman–Crippen LogP) is 5.20. The Morgan fingerprint density at radius 3 is 1.84 bits per heavy atom. The number of carbonyl (C=O) groups is 3. The highest BCUT2D eigenvalue weighted by Gasteiger charge is 2.40. The van der Waals surface area contributed by atoms with Crippen LogP contribution in [0.25, 0.3) is 11.1 Å². The van der Waals surface area contributed by atoms with Crippen LogP contribution < -0.4 is 10.6 Å². The second-order valence-electron chi connectivity index (χ2n) is 11.6. The summed E-state index contributed by atoms with van der Waals surface area (Å²) < 4.78 is 32.8. The van der Waals surface area contributed by atoms with Crippen molar-refractivity contribution in [2.24, 2.45) is 0 Å². The Kier molecular flexibility index (Phi) is 14.1. The highest BCUT2D eigenvalue weighted by atomic mass is 16.6. The van der Waals surface area contributed by atoms with Crippen molar-refractivity contribution in [3.05, 3.63) is 59.7 Å². The molecule has 3 rings (SSSR count). The summed E-state index contributed by atoms with van der Waals surface area (Å²) in [4.78, 5) is 37.7. The minimum absolute atomic E-state index is 0.0931. The Morgan fingerprint density at radius 2 is 1.29 bits per heavy atom. The largest absolute Gasteiger partial charge is 0.464 e. The summed E-state index contributed by atoms with van der Waals surface area (Å²) in [6.07, 6.45) is -0.657. The molecule has 2 aromatic rings. The number of hydrogen-bond acceptors (Lipinski definition) is 9. The maximum Gasteiger partial charge on any atom is 0.408 e. The molecule has 248 valence electrons. The molecule has 2 aromatic carbocycles. The van der Waals surface area contributed by atoms with Gasteiger partial charge in [-0.3, -0.25) is 0 Å². The van der Waals surface area contributed by atoms with Gasteiger partial charge in [0.15, 0.2) is 0 Å². The zero-order chi connectivity index (χ0) is 32.7. The first-order chi connectivity index (χ1) is 21.6. The first kappa shape index (κ1) is 35.8. The fourth-order valence-corrected chi connectivity index (χ4v) is 5.05. The molecule has 1 aliphatic rings. The van der Waals surface area contributed by atoms with Gasteiger partial charge in [0.2, 0.25) is 0 Å². The van der Waals surface area contributed by atoms with Crippen LogP contribution in [0, 0.1) is 0 Å². The molecule has 1 unspecified atom stereocenters. The summed E-state index contributed by atoms with van der Waals surface area (Å²) in [5, 5.41) is 5.41. The first-order valence-electron chi connectivity index (χ1n) is 15.6. The topological polar surface area (TPSA) is 131 Å². The van der Waals surface area contributed by atoms with Gasteiger partial charge < -0.3 is 39.1 Å². The Labute approximate surface area is 266 Å². The smallest absolute Gasteiger partial charge is 0.408 e. The molecule has 0 spiro atoms. The molecule has 0 aromatic heterocycles. The number of fused-ring (bicyclic) bond motifs is 3. The van der Waals surface area contributed by atoms with E-state index in [2.05, 4.69) is 34.9 Å². The number of carbonyl (C=O) groups excluding carboxylic acids is 3. The molecular formula is C34H48N2O9. The molecule has 0 saturated carbocycles. The quantitative estimate of drug-likeness (QED) is 0.130. The summed E-state index contributed by atoms with van der Waals surface area (Å²) in [7, 11) is 0. The zero-order valence-corrected chi connectivity index (χ0v) is 27.1. The molecule has 0 fully saturated rings. The number of nitrogens with one attached hydrogen (secondary N) is 2. The van der Waals surface area contributed by atoms with Crippen LogP contribution in [0.2, 0.25) is 0 Å². The molecule has 2 N–H and O–H groups in total. The van der Waals surface area contributed by atoms with Gasteiger partial charge in [0.25, 0.3) is 0 Å². The van der Waals surface area contributed by atoms with E-state index >= 15 is 0 Å². The Hall–Kier alpha value is -3.67. The third-order valence-corrected chi connectivity index (χ3v) is 7.29. The minimum atomic E-state index is -1.29. The number of alkyl carbamates (subject to hydrolysis) is 2. The van der Waals surface area contributed by atoms with Gasteiger partial charge in [0, 0.05) is 25.5 Å². The highest BCUT2D eigenvalue weighted by Crippen LogP contribution is 2.44. The van der Waals surface area contributed by atoms with Crippen molar-refractivity contribution >= 4 is 18.2 Å². The lowest BCUT2D eigenvalue weighted by molar-refractivity contribution is -0.152. The van der Waals surface area contributed by atoms with Crippen molar-refractivity contribution in [2.75, 3.05) is 59.4 Å². The van der Waals surface area contributed by atoms with Crippen LogP contribution >= 0.6 is 0 Å². The molecule has 11 nitrogen and oxygen atoms in total. The van der Waals surface area contributed by atoms with E-state index in [-0.39, 0.29) is 32.2 Å². The SMILES string of the molecule is CCOC(=O)C(CC)(CCOCCOCCOCCNC(=O)OC(C)(C)C)NC(=O)OCC1c2ccccc2-c2ccccc21. The van der Waals surface area contributed by atoms with Crippen molar-refractivity contribution in [2.45, 2.75) is 64.5 Å². The lowest BCUT2D eigenvalue weighted by atomic mass is 9.92. The summed E-state index contributed by atoms with van der Waals surface area (Å²) in [5.74, 6) is -0.622. The van der Waals surface area contributed by atoms with Crippen molar-refractivity contribution in [1.29, 1.82) is 0 Å². The summed E-state index contributed by atoms with van der Waals surface area (Å²) >= 11 is 0. The molecule has 2 amide bonds. The van der Waals surface area contributed by atoms with E-state index in [9.17, 15) is 14.4 Å². The van der Waals surface area contributed by atoms with Crippen LogP contribution in [0.4, 0.5) is 9.59 Å². The Balaban J connectivity index is 1.38. The van der Waals surface area contributed by atoms with Gasteiger partial charge in [-0.15, -0.1) is 0 Å². The number of rotatable bonds is 18. The van der Waals surface area contributed by atoms with Crippen LogP contribution in [0.5, 0.6) is 0 Å². The summed E-state index contributed by atoms with van der Waals surface area (Å²) in [6, 6.07) is 16.2. The monoisotopic (exact) mass is 628 g/mol. The average Bonchev–Trinajstić information content (AvgIpc) is 3.32. The van der Waals surface area contributed by atoms with Crippen LogP contribution in [0.3, 0.4) is 0 Å². The minimum Gasteiger partial charge on any atom is -0.464 e. The normalized spacial score (nSPS) is 13.7. The number of esters is 1. The second kappa shape index (κ2) is 17.7. The summed E-state index contributed by atoms with van der Waals surface area (Å²) in [6.45, 7) is 11.5. The second-order valence-corrected chi connectivity index (χ2v) is 11.6. The lowest BCUT2D eigenvalue weighted by Crippen LogP contribution is -2.56. The fourth-order valence-electron chi connectivity index (χ4n) is 5.05. The molecule has 0 bridgehead atoms. The fraction of sp³-hybridized carbons (Fsp3) is 0.559. The molecule has 1 aliphatic carbocycles. The van der Waals surface area contributed by atoms with Gasteiger partial charge in [-0.1, -0.05) is 55.5 Å². The average molecular weight is 629 g/mol. The van der Waals surface area contributed by atoms with Gasteiger partial charge in [-0.2, -0.15) is 0 Å². The van der Waals surface area contributed by atoms with E-state index in [1.54, 1.807) is 27.7 Å². The first-order valence-corrected chi connectivity index (χ1v) is 15.6. The van der Waals surface area contributed by atoms with Crippen molar-refractivity contribution in [3.8, 4) is 11.1 Å². The molecule has 0 radical (unpaired) electrons. The maximum atomic E-state index is 13.1. The molecule has 0 heterocycles. The molecule has 0 aliphatic heterocycles. The molecule has 0 saturated heterocycles. The van der Waals surface area contributed by atoms with Gasteiger partial charge in [-0.05, 0) is 56.4 Å². The van der Waals surface area contributed by atoms with Crippen molar-refractivity contribution in [1.82, 2.24) is 10.6 Å². The van der Waals surface area contributed by atoms with Crippen molar-refractivity contribution in [3.63, 3.8) is 0 Å². The van der Waals surface area contributed by atoms with Crippen molar-refractivity contribution < 1.29 is 42.8 Å². The van der Waals surface area contributed by atoms with E-state index in [1.165, 1.54) is 0 Å². The zero-order valence-electron chi connectivity index (χ0n) is 27.1. The van der Waals surface area contributed by atoms with E-state index < -0.39 is 29.3 Å². The standard InChI is InChI=1S/C34H48N2O9/c1-6-34(30(37)43-7-2,16-18-40-20-22-42-23-21-41-19-17-35-31(38)45-33(3,4)5)36-32(39)44-24-29-27-14-10-8-12-25(27)26-13-9-11-15-28(26)29/h8-15,29H,6-7,16-24H2,1-5H3,(H,35,38)(H,36,39). The maximum absolute atomic E-state index is 13.1. The number of ether oxygens (including phenoxy) is 6. The molecule has 1 atom stereocenters. The summed E-state index contributed by atoms with van der Waals surface area (Å²) in [5.41, 5.74) is 2.65. The molecule has 11 heteroatoms. The van der Waals surface area contributed by atoms with E-state index in [0.29, 0.717) is 46.0 Å². The van der Waals surface area contributed by atoms with E-state index in [1.807, 2.05) is 31.2 Å². The van der Waals surface area contributed by atoms with Crippen LogP contribution in [0.1, 0.15) is 64.5 Å². The van der Waals surface area contributed by atoms with Crippen LogP contribution in [-0.2, 0) is 33.2 Å². The molecule has 45 heavy (non-hydrogen) atoms. The van der Waals surface area contributed by atoms with E-state index in [0.717, 1.165) is 22.3 Å². The number of hydrogen-bond donors (Lipinski definition) is 2. The highest BCUT2D eigenvalue weighted by molar-refractivity contribution is 5.86. The Morgan fingerprint density at radius 1 is 0.733 bits per heavy atom. The third kappa shape index (κ3) is 11.0. The lowest BCUT2D eigenvalue weighted by Gasteiger charge is -2.31. The van der Waals surface area contributed by atoms with Crippen LogP contribution in [0.15, 0.2) is 48.5 Å². The number of benzene rings is 2. The van der Waals surface area contributed by atoms with E-state index in [4.69, 9.17) is 28.4 Å². The third-order valence-electron chi connectivity index (χ3n) is 7.29. The molecular weight excluding hydrogens is 580 g/mol. The van der Waals surface area contributed by atoms with Gasteiger partial charge in [-0.25, -0.2) is 14.4 Å². The van der Waals surface area contributed by atoms with Gasteiger partial charge in [0.1, 0.15) is 17.7 Å². The van der Waals surface area contributed by atoms with Gasteiger partial charge in [0.05, 0.1) is 39.6 Å². The Bertz CT molecular complexity index is 1200. The van der Waals surface area contributed by atoms with Gasteiger partial charge >= 0.3 is 18.2 Å². The van der Waals surface area contributed by atoms with Crippen LogP contribution in [-0.4, -0.2) is 88.7 Å². The predicted molar refractivity (Wildman–Crippen MR) is 169 cm³/mol.